The Kier molecular flexibility index (Phi) is 5.41. The number of imidazole rings is 1. The molecule has 1 aromatic carbocycles. The highest BCUT2D eigenvalue weighted by Crippen LogP contribution is 2.23. The molecular weight excluding hydrogens is 324 g/mol. The van der Waals surface area contributed by atoms with Crippen LogP contribution < -0.4 is 5.32 Å². The van der Waals surface area contributed by atoms with Crippen molar-refractivity contribution in [3.8, 4) is 0 Å². The predicted molar refractivity (Wildman–Crippen MR) is 95.2 cm³/mol. The zero-order valence-electron chi connectivity index (χ0n) is 13.9. The Hall–Kier alpha value is -2.01. The van der Waals surface area contributed by atoms with Gasteiger partial charge in [0.2, 0.25) is 0 Å². The van der Waals surface area contributed by atoms with E-state index in [0.717, 1.165) is 18.4 Å². The van der Waals surface area contributed by atoms with Crippen molar-refractivity contribution in [3.05, 3.63) is 53.6 Å². The Balaban J connectivity index is 1.68. The molecule has 1 fully saturated rings. The number of rotatable bonds is 5. The van der Waals surface area contributed by atoms with Crippen molar-refractivity contribution in [2.75, 3.05) is 13.6 Å². The molecule has 3 rings (SSSR count). The molecule has 1 N–H and O–H groups in total. The quantitative estimate of drug-likeness (QED) is 0.897. The van der Waals surface area contributed by atoms with Crippen molar-refractivity contribution < 1.29 is 4.79 Å². The fraction of sp³-hybridized carbons (Fsp3) is 0.444. The lowest BCUT2D eigenvalue weighted by atomic mass is 10.1. The molecular formula is C18H23ClN4O. The first-order valence-electron chi connectivity index (χ1n) is 8.38. The molecule has 128 valence electrons. The summed E-state index contributed by atoms with van der Waals surface area (Å²) in [5, 5.41) is 3.77. The number of carbonyl (C=O) groups excluding carboxylic acids is 1. The van der Waals surface area contributed by atoms with Crippen LogP contribution in [0.2, 0.25) is 5.02 Å². The summed E-state index contributed by atoms with van der Waals surface area (Å²) in [6, 6.07) is 8.05. The largest absolute Gasteiger partial charge is 0.336 e. The van der Waals surface area contributed by atoms with Crippen LogP contribution in [0.25, 0.3) is 0 Å². The summed E-state index contributed by atoms with van der Waals surface area (Å²) in [5.41, 5.74) is 1.08. The van der Waals surface area contributed by atoms with Crippen molar-refractivity contribution in [1.82, 2.24) is 19.8 Å². The smallest absolute Gasteiger partial charge is 0.317 e. The van der Waals surface area contributed by atoms with E-state index < -0.39 is 0 Å². The van der Waals surface area contributed by atoms with Crippen LogP contribution in [0.3, 0.4) is 0 Å². The van der Waals surface area contributed by atoms with E-state index in [0.29, 0.717) is 17.6 Å². The van der Waals surface area contributed by atoms with E-state index in [4.69, 9.17) is 11.6 Å². The molecule has 24 heavy (non-hydrogen) atoms. The Labute approximate surface area is 147 Å². The lowest BCUT2D eigenvalue weighted by Gasteiger charge is -2.26. The number of halogens is 1. The summed E-state index contributed by atoms with van der Waals surface area (Å²) in [6.45, 7) is 0.508. The van der Waals surface area contributed by atoms with Crippen LogP contribution in [0.1, 0.15) is 37.3 Å². The van der Waals surface area contributed by atoms with Crippen LogP contribution in [-0.2, 0) is 0 Å². The van der Waals surface area contributed by atoms with Gasteiger partial charge < -0.3 is 14.8 Å². The molecule has 2 aromatic rings. The highest BCUT2D eigenvalue weighted by atomic mass is 35.5. The van der Waals surface area contributed by atoms with Gasteiger partial charge in [0.05, 0.1) is 12.4 Å². The van der Waals surface area contributed by atoms with E-state index in [1.807, 2.05) is 47.0 Å². The maximum atomic E-state index is 12.5. The van der Waals surface area contributed by atoms with Gasteiger partial charge in [-0.3, -0.25) is 0 Å². The van der Waals surface area contributed by atoms with E-state index in [1.54, 1.807) is 12.5 Å². The third-order valence-corrected chi connectivity index (χ3v) is 5.03. The zero-order chi connectivity index (χ0) is 16.9. The van der Waals surface area contributed by atoms with Crippen LogP contribution >= 0.6 is 11.6 Å². The monoisotopic (exact) mass is 346 g/mol. The van der Waals surface area contributed by atoms with Gasteiger partial charge in [-0.05, 0) is 30.5 Å². The maximum Gasteiger partial charge on any atom is 0.317 e. The average molecular weight is 347 g/mol. The van der Waals surface area contributed by atoms with E-state index in [-0.39, 0.29) is 12.1 Å². The Bertz CT molecular complexity index is 650. The number of urea groups is 1. The first-order chi connectivity index (χ1) is 11.6. The van der Waals surface area contributed by atoms with Crippen molar-refractivity contribution in [2.24, 2.45) is 0 Å². The van der Waals surface area contributed by atoms with Crippen LogP contribution in [0.5, 0.6) is 0 Å². The predicted octanol–water partition coefficient (Wildman–Crippen LogP) is 3.71. The molecule has 1 unspecified atom stereocenters. The number of aromatic nitrogens is 2. The molecule has 0 saturated heterocycles. The van der Waals surface area contributed by atoms with Gasteiger partial charge >= 0.3 is 6.03 Å². The summed E-state index contributed by atoms with van der Waals surface area (Å²) >= 11 is 5.99. The topological polar surface area (TPSA) is 50.2 Å². The molecule has 1 aliphatic carbocycles. The number of hydrogen-bond donors (Lipinski definition) is 1. The van der Waals surface area contributed by atoms with Gasteiger partial charge in [0.25, 0.3) is 0 Å². The standard InChI is InChI=1S/C18H23ClN4O/c1-22(16-4-2-3-5-16)18(24)21-12-17(23-11-10-20-13-23)14-6-8-15(19)9-7-14/h6-11,13,16-17H,2-5,12H2,1H3,(H,21,24). The second-order valence-electron chi connectivity index (χ2n) is 6.31. The first kappa shape index (κ1) is 16.8. The summed E-state index contributed by atoms with van der Waals surface area (Å²) in [7, 11) is 1.89. The SMILES string of the molecule is CN(C(=O)NCC(c1ccc(Cl)cc1)n1ccnc1)C1CCCC1. The molecule has 6 heteroatoms. The minimum atomic E-state index is -0.0130. The molecule has 1 saturated carbocycles. The van der Waals surface area contributed by atoms with Gasteiger partial charge in [-0.1, -0.05) is 36.6 Å². The van der Waals surface area contributed by atoms with Gasteiger partial charge in [-0.15, -0.1) is 0 Å². The number of amides is 2. The van der Waals surface area contributed by atoms with E-state index >= 15 is 0 Å². The molecule has 1 aromatic heterocycles. The van der Waals surface area contributed by atoms with Crippen molar-refractivity contribution >= 4 is 17.6 Å². The summed E-state index contributed by atoms with van der Waals surface area (Å²) < 4.78 is 2.00. The molecule has 1 atom stereocenters. The zero-order valence-corrected chi connectivity index (χ0v) is 14.6. The molecule has 2 amide bonds. The lowest BCUT2D eigenvalue weighted by molar-refractivity contribution is 0.190. The van der Waals surface area contributed by atoms with E-state index in [1.165, 1.54) is 12.8 Å². The van der Waals surface area contributed by atoms with Crippen LogP contribution in [0.4, 0.5) is 4.79 Å². The third-order valence-electron chi connectivity index (χ3n) is 4.78. The Morgan fingerprint density at radius 2 is 2.08 bits per heavy atom. The summed E-state index contributed by atoms with van der Waals surface area (Å²) in [5.74, 6) is 0. The minimum absolute atomic E-state index is 0.00862. The fourth-order valence-electron chi connectivity index (χ4n) is 3.30. The average Bonchev–Trinajstić information content (AvgIpc) is 3.29. The van der Waals surface area contributed by atoms with Gasteiger partial charge in [0.15, 0.2) is 0 Å². The molecule has 0 spiro atoms. The lowest BCUT2D eigenvalue weighted by Crippen LogP contribution is -2.44. The summed E-state index contributed by atoms with van der Waals surface area (Å²) in [6.07, 6.45) is 10.1. The number of hydrogen-bond acceptors (Lipinski definition) is 2. The van der Waals surface area contributed by atoms with Gasteiger partial charge in [-0.2, -0.15) is 0 Å². The highest BCUT2D eigenvalue weighted by molar-refractivity contribution is 6.30. The molecule has 0 aliphatic heterocycles. The number of nitrogens with zero attached hydrogens (tertiary/aromatic N) is 3. The normalized spacial score (nSPS) is 16.1. The minimum Gasteiger partial charge on any atom is -0.336 e. The molecule has 1 aliphatic rings. The highest BCUT2D eigenvalue weighted by Gasteiger charge is 2.24. The Morgan fingerprint density at radius 3 is 2.71 bits per heavy atom. The van der Waals surface area contributed by atoms with Crippen LogP contribution in [0.15, 0.2) is 43.0 Å². The molecule has 1 heterocycles. The second kappa shape index (κ2) is 7.71. The fourth-order valence-corrected chi connectivity index (χ4v) is 3.43. The van der Waals surface area contributed by atoms with E-state index in [9.17, 15) is 4.79 Å². The number of nitrogens with one attached hydrogen (secondary N) is 1. The van der Waals surface area contributed by atoms with E-state index in [2.05, 4.69) is 10.3 Å². The van der Waals surface area contributed by atoms with Crippen molar-refractivity contribution in [3.63, 3.8) is 0 Å². The number of benzene rings is 1. The summed E-state index contributed by atoms with van der Waals surface area (Å²) in [4.78, 5) is 18.4. The van der Waals surface area contributed by atoms with Crippen molar-refractivity contribution in [1.29, 1.82) is 0 Å². The van der Waals surface area contributed by atoms with Crippen LogP contribution in [0, 0.1) is 0 Å². The molecule has 0 bridgehead atoms. The maximum absolute atomic E-state index is 12.5. The second-order valence-corrected chi connectivity index (χ2v) is 6.75. The van der Waals surface area contributed by atoms with Gasteiger partial charge in [0.1, 0.15) is 0 Å². The Morgan fingerprint density at radius 1 is 1.38 bits per heavy atom. The van der Waals surface area contributed by atoms with Crippen LogP contribution in [-0.4, -0.2) is 40.1 Å². The first-order valence-corrected chi connectivity index (χ1v) is 8.76. The molecule has 0 radical (unpaired) electrons. The third kappa shape index (κ3) is 3.90. The van der Waals surface area contributed by atoms with Crippen molar-refractivity contribution in [2.45, 2.75) is 37.8 Å². The number of carbonyl (C=O) groups is 1. The van der Waals surface area contributed by atoms with Gasteiger partial charge in [-0.25, -0.2) is 9.78 Å². The van der Waals surface area contributed by atoms with Gasteiger partial charge in [0, 0.05) is 37.1 Å². The molecule has 5 nitrogen and oxygen atoms in total.